The van der Waals surface area contributed by atoms with E-state index in [0.29, 0.717) is 12.8 Å². The molecule has 0 spiro atoms. The molecule has 1 rings (SSSR count). The van der Waals surface area contributed by atoms with Gasteiger partial charge in [0.15, 0.2) is 0 Å². The minimum absolute atomic E-state index is 0.0672. The first-order chi connectivity index (χ1) is 9.46. The molecule has 0 radical (unpaired) electrons. The Bertz CT molecular complexity index is 412. The minimum Gasteiger partial charge on any atom is -0.481 e. The first-order valence-corrected chi connectivity index (χ1v) is 6.82. The monoisotopic (exact) mass is 310 g/mol. The van der Waals surface area contributed by atoms with Crippen LogP contribution in [0.2, 0.25) is 0 Å². The van der Waals surface area contributed by atoms with Crippen molar-refractivity contribution >= 4 is 12.0 Å². The normalized spacial score (nSPS) is 23.3. The van der Waals surface area contributed by atoms with Crippen LogP contribution in [0.4, 0.5) is 18.0 Å². The van der Waals surface area contributed by atoms with E-state index in [1.165, 1.54) is 25.7 Å². The van der Waals surface area contributed by atoms with Crippen LogP contribution in [0.25, 0.3) is 0 Å². The summed E-state index contributed by atoms with van der Waals surface area (Å²) in [5, 5.41) is 9.20. The molecule has 1 N–H and O–H groups in total. The Morgan fingerprint density at radius 1 is 1.38 bits per heavy atom. The van der Waals surface area contributed by atoms with Gasteiger partial charge in [-0.3, -0.25) is 4.79 Å². The molecule has 0 bridgehead atoms. The highest BCUT2D eigenvalue weighted by Gasteiger charge is 2.42. The molecule has 1 heterocycles. The molecule has 0 aromatic rings. The number of rotatable bonds is 3. The summed E-state index contributed by atoms with van der Waals surface area (Å²) in [5.74, 6) is -1.04. The number of carboxylic acid groups (broad SMARTS) is 1. The predicted octanol–water partition coefficient (Wildman–Crippen LogP) is 2.57. The van der Waals surface area contributed by atoms with Gasteiger partial charge in [-0.25, -0.2) is 4.79 Å². The number of nitrogens with zero attached hydrogens (tertiary/aromatic N) is 2. The standard InChI is InChI=1S/C13H21F3N2O3/c1-9(2)18(8-13(14,15)16)11(21)17-6-4-5-12(3,7-17)10(19)20/h9H,4-8H2,1-3H3,(H,19,20). The Kier molecular flexibility index (Phi) is 5.11. The van der Waals surface area contributed by atoms with Crippen molar-refractivity contribution in [3.63, 3.8) is 0 Å². The Morgan fingerprint density at radius 3 is 2.38 bits per heavy atom. The maximum atomic E-state index is 12.6. The second-order valence-corrected chi connectivity index (χ2v) is 6.01. The van der Waals surface area contributed by atoms with E-state index >= 15 is 0 Å². The second-order valence-electron chi connectivity index (χ2n) is 6.01. The van der Waals surface area contributed by atoms with E-state index < -0.39 is 36.2 Å². The maximum Gasteiger partial charge on any atom is 0.406 e. The number of hydrogen-bond donors (Lipinski definition) is 1. The Hall–Kier alpha value is -1.47. The van der Waals surface area contributed by atoms with E-state index in [-0.39, 0.29) is 13.1 Å². The number of likely N-dealkylation sites (tertiary alicyclic amines) is 1. The van der Waals surface area contributed by atoms with Crippen molar-refractivity contribution in [2.75, 3.05) is 19.6 Å². The molecule has 2 amide bonds. The molecule has 1 aliphatic rings. The van der Waals surface area contributed by atoms with Gasteiger partial charge in [-0.15, -0.1) is 0 Å². The lowest BCUT2D eigenvalue weighted by molar-refractivity contribution is -0.152. The van der Waals surface area contributed by atoms with Gasteiger partial charge in [0.2, 0.25) is 0 Å². The molecule has 1 saturated heterocycles. The van der Waals surface area contributed by atoms with E-state index in [1.807, 2.05) is 0 Å². The Morgan fingerprint density at radius 2 is 1.95 bits per heavy atom. The van der Waals surface area contributed by atoms with Crippen molar-refractivity contribution < 1.29 is 27.9 Å². The fraction of sp³-hybridized carbons (Fsp3) is 0.846. The highest BCUT2D eigenvalue weighted by Crippen LogP contribution is 2.31. The number of hydrogen-bond acceptors (Lipinski definition) is 2. The van der Waals surface area contributed by atoms with Gasteiger partial charge in [0.05, 0.1) is 5.41 Å². The predicted molar refractivity (Wildman–Crippen MR) is 69.8 cm³/mol. The van der Waals surface area contributed by atoms with Crippen LogP contribution in [-0.2, 0) is 4.79 Å². The zero-order valence-corrected chi connectivity index (χ0v) is 12.4. The van der Waals surface area contributed by atoms with Crippen molar-refractivity contribution in [2.45, 2.75) is 45.8 Å². The average molecular weight is 310 g/mol. The van der Waals surface area contributed by atoms with Gasteiger partial charge in [0.1, 0.15) is 6.54 Å². The van der Waals surface area contributed by atoms with Crippen molar-refractivity contribution in [2.24, 2.45) is 5.41 Å². The van der Waals surface area contributed by atoms with Crippen molar-refractivity contribution in [1.29, 1.82) is 0 Å². The summed E-state index contributed by atoms with van der Waals surface area (Å²) in [7, 11) is 0. The third-order valence-corrected chi connectivity index (χ3v) is 3.70. The van der Waals surface area contributed by atoms with E-state index in [9.17, 15) is 27.9 Å². The van der Waals surface area contributed by atoms with Crippen LogP contribution in [0.5, 0.6) is 0 Å². The van der Waals surface area contributed by atoms with Crippen LogP contribution < -0.4 is 0 Å². The molecule has 1 unspecified atom stereocenters. The molecule has 122 valence electrons. The van der Waals surface area contributed by atoms with Gasteiger partial charge in [0, 0.05) is 19.1 Å². The van der Waals surface area contributed by atoms with Gasteiger partial charge in [0.25, 0.3) is 0 Å². The highest BCUT2D eigenvalue weighted by atomic mass is 19.4. The number of carbonyl (C=O) groups is 2. The first-order valence-electron chi connectivity index (χ1n) is 6.82. The van der Waals surface area contributed by atoms with Crippen LogP contribution in [0.3, 0.4) is 0 Å². The lowest BCUT2D eigenvalue weighted by atomic mass is 9.82. The van der Waals surface area contributed by atoms with Crippen molar-refractivity contribution in [3.8, 4) is 0 Å². The molecule has 1 aliphatic heterocycles. The van der Waals surface area contributed by atoms with E-state index in [0.717, 1.165) is 4.90 Å². The number of halogens is 3. The third-order valence-electron chi connectivity index (χ3n) is 3.70. The van der Waals surface area contributed by atoms with Crippen molar-refractivity contribution in [1.82, 2.24) is 9.80 Å². The van der Waals surface area contributed by atoms with E-state index in [2.05, 4.69) is 0 Å². The molecule has 21 heavy (non-hydrogen) atoms. The number of urea groups is 1. The largest absolute Gasteiger partial charge is 0.481 e. The summed E-state index contributed by atoms with van der Waals surface area (Å²) in [6.07, 6.45) is -3.61. The molecule has 1 atom stereocenters. The van der Waals surface area contributed by atoms with Crippen LogP contribution >= 0.6 is 0 Å². The summed E-state index contributed by atoms with van der Waals surface area (Å²) >= 11 is 0. The molecule has 8 heteroatoms. The number of carboxylic acids is 1. The van der Waals surface area contributed by atoms with E-state index in [4.69, 9.17) is 0 Å². The van der Waals surface area contributed by atoms with Gasteiger partial charge < -0.3 is 14.9 Å². The smallest absolute Gasteiger partial charge is 0.406 e. The number of carbonyl (C=O) groups excluding carboxylic acids is 1. The third kappa shape index (κ3) is 4.50. The first kappa shape index (κ1) is 17.6. The minimum atomic E-state index is -4.48. The fourth-order valence-corrected chi connectivity index (χ4v) is 2.42. The zero-order valence-electron chi connectivity index (χ0n) is 12.4. The number of piperidine rings is 1. The molecule has 0 aromatic heterocycles. The summed E-state index contributed by atoms with van der Waals surface area (Å²) in [5.41, 5.74) is -1.10. The molecule has 0 saturated carbocycles. The SMILES string of the molecule is CC(C)N(CC(F)(F)F)C(=O)N1CCCC(C)(C(=O)O)C1. The number of amides is 2. The molecule has 5 nitrogen and oxygen atoms in total. The van der Waals surface area contributed by atoms with Crippen LogP contribution in [-0.4, -0.2) is 58.8 Å². The topological polar surface area (TPSA) is 60.9 Å². The van der Waals surface area contributed by atoms with Crippen molar-refractivity contribution in [3.05, 3.63) is 0 Å². The Labute approximate surface area is 121 Å². The summed E-state index contributed by atoms with van der Waals surface area (Å²) < 4.78 is 37.7. The van der Waals surface area contributed by atoms with Crippen LogP contribution in [0.1, 0.15) is 33.6 Å². The highest BCUT2D eigenvalue weighted by molar-refractivity contribution is 5.78. The van der Waals surface area contributed by atoms with E-state index in [1.54, 1.807) is 0 Å². The van der Waals surface area contributed by atoms with Crippen LogP contribution in [0, 0.1) is 5.41 Å². The number of alkyl halides is 3. The van der Waals surface area contributed by atoms with Gasteiger partial charge >= 0.3 is 18.2 Å². The molecular weight excluding hydrogens is 289 g/mol. The summed E-state index contributed by atoms with van der Waals surface area (Å²) in [6, 6.07) is -1.37. The lowest BCUT2D eigenvalue weighted by Gasteiger charge is -2.41. The fourth-order valence-electron chi connectivity index (χ4n) is 2.42. The van der Waals surface area contributed by atoms with Crippen LogP contribution in [0.15, 0.2) is 0 Å². The number of aliphatic carboxylic acids is 1. The molecule has 0 aliphatic carbocycles. The summed E-state index contributed by atoms with van der Waals surface area (Å²) in [4.78, 5) is 25.5. The van der Waals surface area contributed by atoms with Gasteiger partial charge in [-0.2, -0.15) is 13.2 Å². The van der Waals surface area contributed by atoms with Gasteiger partial charge in [-0.05, 0) is 33.6 Å². The molecular formula is C13H21F3N2O3. The molecule has 1 fully saturated rings. The second kappa shape index (κ2) is 6.11. The average Bonchev–Trinajstić information content (AvgIpc) is 2.33. The van der Waals surface area contributed by atoms with Gasteiger partial charge in [-0.1, -0.05) is 0 Å². The molecule has 0 aromatic carbocycles. The zero-order chi connectivity index (χ0) is 16.4. The lowest BCUT2D eigenvalue weighted by Crippen LogP contribution is -2.55. The Balaban J connectivity index is 2.86. The quantitative estimate of drug-likeness (QED) is 0.871. The summed E-state index contributed by atoms with van der Waals surface area (Å²) in [6.45, 7) is 3.40. The maximum absolute atomic E-state index is 12.6.